The maximum absolute atomic E-state index is 6.00. The molecule has 2 N–H and O–H groups in total. The van der Waals surface area contributed by atoms with Crippen molar-refractivity contribution in [3.8, 4) is 0 Å². The number of ether oxygens (including phenoxy) is 1. The highest BCUT2D eigenvalue weighted by atomic mass is 16.5. The molecule has 0 aromatic carbocycles. The first-order valence-electron chi connectivity index (χ1n) is 5.47. The van der Waals surface area contributed by atoms with Gasteiger partial charge in [0.05, 0.1) is 11.2 Å². The van der Waals surface area contributed by atoms with E-state index in [1.165, 1.54) is 0 Å². The summed E-state index contributed by atoms with van der Waals surface area (Å²) in [7, 11) is 0. The van der Waals surface area contributed by atoms with Crippen molar-refractivity contribution >= 4 is 0 Å². The Morgan fingerprint density at radius 3 is 2.07 bits per heavy atom. The van der Waals surface area contributed by atoms with Crippen molar-refractivity contribution in [3.63, 3.8) is 0 Å². The lowest BCUT2D eigenvalue weighted by molar-refractivity contribution is -0.180. The second-order valence-corrected chi connectivity index (χ2v) is 5.47. The van der Waals surface area contributed by atoms with Gasteiger partial charge in [-0.2, -0.15) is 0 Å². The fraction of sp³-hybridized carbons (Fsp3) is 1.00. The minimum atomic E-state index is -0.0314. The van der Waals surface area contributed by atoms with E-state index in [0.717, 1.165) is 32.6 Å². The molecule has 3 nitrogen and oxygen atoms in total. The van der Waals surface area contributed by atoms with E-state index in [4.69, 9.17) is 10.5 Å². The van der Waals surface area contributed by atoms with Crippen molar-refractivity contribution in [1.29, 1.82) is 0 Å². The first-order valence-corrected chi connectivity index (χ1v) is 5.47. The van der Waals surface area contributed by atoms with Gasteiger partial charge in [-0.3, -0.25) is 4.90 Å². The number of hydrogen-bond donors (Lipinski definition) is 1. The van der Waals surface area contributed by atoms with Gasteiger partial charge in [0.25, 0.3) is 0 Å². The molecule has 1 saturated heterocycles. The normalized spacial score (nSPS) is 26.4. The number of morpholine rings is 1. The zero-order chi connectivity index (χ0) is 10.8. The van der Waals surface area contributed by atoms with Gasteiger partial charge in [-0.15, -0.1) is 0 Å². The van der Waals surface area contributed by atoms with Crippen molar-refractivity contribution in [2.75, 3.05) is 26.2 Å². The van der Waals surface area contributed by atoms with E-state index in [1.807, 2.05) is 0 Å². The largest absolute Gasteiger partial charge is 0.367 e. The van der Waals surface area contributed by atoms with Crippen LogP contribution in [0.2, 0.25) is 0 Å². The van der Waals surface area contributed by atoms with Gasteiger partial charge in [-0.05, 0) is 47.2 Å². The van der Waals surface area contributed by atoms with Crippen LogP contribution in [0.25, 0.3) is 0 Å². The monoisotopic (exact) mass is 200 g/mol. The summed E-state index contributed by atoms with van der Waals surface area (Å²) in [6.45, 7) is 12.5. The van der Waals surface area contributed by atoms with Gasteiger partial charge in [0, 0.05) is 13.1 Å². The SMILES string of the molecule is CC1(C)CN(CCCN)CC(C)(C)O1. The molecule has 84 valence electrons. The van der Waals surface area contributed by atoms with E-state index in [0.29, 0.717) is 0 Å². The number of nitrogens with zero attached hydrogens (tertiary/aromatic N) is 1. The summed E-state index contributed by atoms with van der Waals surface area (Å²) in [5, 5.41) is 0. The predicted octanol–water partition coefficient (Wildman–Crippen LogP) is 1.22. The molecule has 1 fully saturated rings. The Bertz CT molecular complexity index is 174. The van der Waals surface area contributed by atoms with Crippen molar-refractivity contribution in [2.24, 2.45) is 5.73 Å². The topological polar surface area (TPSA) is 38.5 Å². The number of hydrogen-bond acceptors (Lipinski definition) is 3. The third-order valence-corrected chi connectivity index (χ3v) is 2.44. The van der Waals surface area contributed by atoms with Gasteiger partial charge in [-0.1, -0.05) is 0 Å². The van der Waals surface area contributed by atoms with Gasteiger partial charge < -0.3 is 10.5 Å². The second-order valence-electron chi connectivity index (χ2n) is 5.47. The maximum Gasteiger partial charge on any atom is 0.0760 e. The molecule has 0 spiro atoms. The third kappa shape index (κ3) is 3.56. The van der Waals surface area contributed by atoms with Crippen LogP contribution in [0.15, 0.2) is 0 Å². The quantitative estimate of drug-likeness (QED) is 0.744. The van der Waals surface area contributed by atoms with Gasteiger partial charge in [0.15, 0.2) is 0 Å². The molecule has 0 aromatic rings. The van der Waals surface area contributed by atoms with E-state index in [-0.39, 0.29) is 11.2 Å². The van der Waals surface area contributed by atoms with Crippen molar-refractivity contribution in [1.82, 2.24) is 4.90 Å². The van der Waals surface area contributed by atoms with Crippen LogP contribution in [-0.2, 0) is 4.74 Å². The molecule has 1 aliphatic rings. The van der Waals surface area contributed by atoms with E-state index in [1.54, 1.807) is 0 Å². The summed E-state index contributed by atoms with van der Waals surface area (Å²) in [5.41, 5.74) is 5.46. The average Bonchev–Trinajstić information content (AvgIpc) is 1.94. The Labute approximate surface area is 87.6 Å². The minimum Gasteiger partial charge on any atom is -0.367 e. The van der Waals surface area contributed by atoms with Gasteiger partial charge in [-0.25, -0.2) is 0 Å². The smallest absolute Gasteiger partial charge is 0.0760 e. The summed E-state index contributed by atoms with van der Waals surface area (Å²) in [4.78, 5) is 2.45. The molecule has 0 radical (unpaired) electrons. The molecule has 1 heterocycles. The molecule has 1 rings (SSSR count). The Morgan fingerprint density at radius 1 is 1.14 bits per heavy atom. The molecular formula is C11H24N2O. The fourth-order valence-corrected chi connectivity index (χ4v) is 2.42. The summed E-state index contributed by atoms with van der Waals surface area (Å²) < 4.78 is 6.00. The zero-order valence-corrected chi connectivity index (χ0v) is 9.97. The highest BCUT2D eigenvalue weighted by molar-refractivity contribution is 4.88. The number of rotatable bonds is 3. The van der Waals surface area contributed by atoms with Crippen LogP contribution in [0.5, 0.6) is 0 Å². The Hall–Kier alpha value is -0.120. The molecule has 0 atom stereocenters. The van der Waals surface area contributed by atoms with E-state index < -0.39 is 0 Å². The molecule has 0 saturated carbocycles. The molecule has 3 heteroatoms. The lowest BCUT2D eigenvalue weighted by atomic mass is 9.99. The zero-order valence-electron chi connectivity index (χ0n) is 9.97. The summed E-state index contributed by atoms with van der Waals surface area (Å²) in [6.07, 6.45) is 1.08. The highest BCUT2D eigenvalue weighted by Crippen LogP contribution is 2.27. The standard InChI is InChI=1S/C11H24N2O/c1-10(2)8-13(7-5-6-12)9-11(3,4)14-10/h5-9,12H2,1-4H3. The van der Waals surface area contributed by atoms with Crippen LogP contribution >= 0.6 is 0 Å². The molecule has 1 aliphatic heterocycles. The lowest BCUT2D eigenvalue weighted by Crippen LogP contribution is -2.57. The van der Waals surface area contributed by atoms with Crippen LogP contribution < -0.4 is 5.73 Å². The Balaban J connectivity index is 2.53. The predicted molar refractivity (Wildman–Crippen MR) is 59.4 cm³/mol. The van der Waals surface area contributed by atoms with E-state index in [2.05, 4.69) is 32.6 Å². The van der Waals surface area contributed by atoms with Crippen molar-refractivity contribution < 1.29 is 4.74 Å². The molecule has 0 amide bonds. The second kappa shape index (κ2) is 4.17. The molecule has 14 heavy (non-hydrogen) atoms. The van der Waals surface area contributed by atoms with Crippen LogP contribution in [0.1, 0.15) is 34.1 Å². The first kappa shape index (κ1) is 12.0. The Morgan fingerprint density at radius 2 is 1.64 bits per heavy atom. The van der Waals surface area contributed by atoms with Gasteiger partial charge in [0.2, 0.25) is 0 Å². The molecule has 0 aromatic heterocycles. The maximum atomic E-state index is 6.00. The Kier molecular flexibility index (Phi) is 3.56. The number of nitrogens with two attached hydrogens (primary N) is 1. The third-order valence-electron chi connectivity index (χ3n) is 2.44. The fourth-order valence-electron chi connectivity index (χ4n) is 2.42. The molecule has 0 unspecified atom stereocenters. The minimum absolute atomic E-state index is 0.0314. The van der Waals surface area contributed by atoms with Gasteiger partial charge in [0.1, 0.15) is 0 Å². The van der Waals surface area contributed by atoms with Crippen molar-refractivity contribution in [2.45, 2.75) is 45.3 Å². The van der Waals surface area contributed by atoms with E-state index >= 15 is 0 Å². The average molecular weight is 200 g/mol. The van der Waals surface area contributed by atoms with Crippen LogP contribution in [0.3, 0.4) is 0 Å². The summed E-state index contributed by atoms with van der Waals surface area (Å²) in [6, 6.07) is 0. The van der Waals surface area contributed by atoms with Crippen molar-refractivity contribution in [3.05, 3.63) is 0 Å². The molecular weight excluding hydrogens is 176 g/mol. The summed E-state index contributed by atoms with van der Waals surface area (Å²) in [5.74, 6) is 0. The lowest BCUT2D eigenvalue weighted by Gasteiger charge is -2.47. The van der Waals surface area contributed by atoms with Crippen LogP contribution in [0.4, 0.5) is 0 Å². The summed E-state index contributed by atoms with van der Waals surface area (Å²) >= 11 is 0. The molecule has 0 bridgehead atoms. The van der Waals surface area contributed by atoms with E-state index in [9.17, 15) is 0 Å². The van der Waals surface area contributed by atoms with Crippen LogP contribution in [0, 0.1) is 0 Å². The van der Waals surface area contributed by atoms with Gasteiger partial charge >= 0.3 is 0 Å². The first-order chi connectivity index (χ1) is 6.35. The highest BCUT2D eigenvalue weighted by Gasteiger charge is 2.37. The van der Waals surface area contributed by atoms with Crippen LogP contribution in [-0.4, -0.2) is 42.3 Å². The molecule has 0 aliphatic carbocycles.